The largest absolute Gasteiger partial charge is 0.491 e. The normalized spacial score (nSPS) is 12.3. The summed E-state index contributed by atoms with van der Waals surface area (Å²) in [7, 11) is 0. The van der Waals surface area contributed by atoms with Crippen LogP contribution in [0.1, 0.15) is 31.0 Å². The second kappa shape index (κ2) is 9.33. The Kier molecular flexibility index (Phi) is 7.11. The molecule has 2 aromatic carbocycles. The minimum absolute atomic E-state index is 0.0395. The molecule has 0 radical (unpaired) electrons. The Morgan fingerprint density at radius 1 is 0.957 bits per heavy atom. The zero-order valence-electron chi connectivity index (χ0n) is 14.1. The van der Waals surface area contributed by atoms with Crippen LogP contribution in [-0.2, 0) is 6.42 Å². The maximum absolute atomic E-state index is 8.84. The van der Waals surface area contributed by atoms with Crippen LogP contribution in [0.15, 0.2) is 54.6 Å². The van der Waals surface area contributed by atoms with E-state index in [0.29, 0.717) is 12.6 Å². The van der Waals surface area contributed by atoms with Gasteiger partial charge in [-0.25, -0.2) is 0 Å². The van der Waals surface area contributed by atoms with Crippen LogP contribution in [0.5, 0.6) is 5.75 Å². The van der Waals surface area contributed by atoms with Gasteiger partial charge >= 0.3 is 0 Å². The number of aliphatic hydroxyl groups is 1. The number of hydrogen-bond donors (Lipinski definition) is 1. The third-order valence-corrected chi connectivity index (χ3v) is 4.15. The molecule has 124 valence electrons. The van der Waals surface area contributed by atoms with E-state index in [1.807, 2.05) is 12.1 Å². The van der Waals surface area contributed by atoms with Crippen LogP contribution in [0.4, 0.5) is 0 Å². The molecule has 1 unspecified atom stereocenters. The Morgan fingerprint density at radius 3 is 2.17 bits per heavy atom. The molecule has 1 atom stereocenters. The van der Waals surface area contributed by atoms with E-state index in [1.165, 1.54) is 11.1 Å². The Bertz CT molecular complexity index is 550. The molecular weight excluding hydrogens is 286 g/mol. The SMILES string of the molecule is CCN(CC)C(Cc1ccccc1)c1ccc(OCCO)cc1. The van der Waals surface area contributed by atoms with E-state index in [0.717, 1.165) is 25.3 Å². The smallest absolute Gasteiger partial charge is 0.119 e. The molecular formula is C20H27NO2. The van der Waals surface area contributed by atoms with Gasteiger partial charge in [-0.05, 0) is 42.8 Å². The van der Waals surface area contributed by atoms with Crippen molar-refractivity contribution in [2.75, 3.05) is 26.3 Å². The van der Waals surface area contributed by atoms with Gasteiger partial charge < -0.3 is 9.84 Å². The maximum Gasteiger partial charge on any atom is 0.119 e. The van der Waals surface area contributed by atoms with Crippen LogP contribution >= 0.6 is 0 Å². The minimum atomic E-state index is 0.0395. The molecule has 0 bridgehead atoms. The van der Waals surface area contributed by atoms with Crippen molar-refractivity contribution >= 4 is 0 Å². The highest BCUT2D eigenvalue weighted by Gasteiger charge is 2.18. The zero-order chi connectivity index (χ0) is 16.5. The van der Waals surface area contributed by atoms with Crippen LogP contribution in [0.3, 0.4) is 0 Å². The molecule has 0 saturated carbocycles. The van der Waals surface area contributed by atoms with Crippen LogP contribution in [0.2, 0.25) is 0 Å². The molecule has 0 spiro atoms. The highest BCUT2D eigenvalue weighted by molar-refractivity contribution is 5.30. The quantitative estimate of drug-likeness (QED) is 0.766. The Morgan fingerprint density at radius 2 is 1.61 bits per heavy atom. The second-order valence-electron chi connectivity index (χ2n) is 5.57. The summed E-state index contributed by atoms with van der Waals surface area (Å²) in [6.07, 6.45) is 0.999. The molecule has 0 fully saturated rings. The molecule has 0 amide bonds. The van der Waals surface area contributed by atoms with Gasteiger partial charge in [-0.1, -0.05) is 56.3 Å². The molecule has 0 aliphatic heterocycles. The number of hydrogen-bond acceptors (Lipinski definition) is 3. The summed E-state index contributed by atoms with van der Waals surface area (Å²) in [5, 5.41) is 8.84. The molecule has 3 heteroatoms. The predicted octanol–water partition coefficient (Wildman–Crippen LogP) is 3.68. The Hall–Kier alpha value is -1.84. The third kappa shape index (κ3) is 5.08. The monoisotopic (exact) mass is 313 g/mol. The summed E-state index contributed by atoms with van der Waals surface area (Å²) in [5.41, 5.74) is 2.65. The molecule has 0 saturated heterocycles. The van der Waals surface area contributed by atoms with E-state index < -0.39 is 0 Å². The van der Waals surface area contributed by atoms with Gasteiger partial charge in [-0.3, -0.25) is 4.90 Å². The lowest BCUT2D eigenvalue weighted by Crippen LogP contribution is -2.30. The van der Waals surface area contributed by atoms with Gasteiger partial charge in [-0.15, -0.1) is 0 Å². The third-order valence-electron chi connectivity index (χ3n) is 4.15. The van der Waals surface area contributed by atoms with Gasteiger partial charge in [-0.2, -0.15) is 0 Å². The average Bonchev–Trinajstić information content (AvgIpc) is 2.61. The van der Waals surface area contributed by atoms with Crippen molar-refractivity contribution in [1.29, 1.82) is 0 Å². The molecule has 2 aromatic rings. The molecule has 0 heterocycles. The van der Waals surface area contributed by atoms with Crippen LogP contribution in [-0.4, -0.2) is 36.3 Å². The summed E-state index contributed by atoms with van der Waals surface area (Å²) in [5.74, 6) is 0.806. The summed E-state index contributed by atoms with van der Waals surface area (Å²) in [6, 6.07) is 19.3. The highest BCUT2D eigenvalue weighted by Crippen LogP contribution is 2.26. The molecule has 0 aliphatic rings. The molecule has 0 aliphatic carbocycles. The summed E-state index contributed by atoms with van der Waals surface area (Å²) < 4.78 is 5.46. The van der Waals surface area contributed by atoms with Gasteiger partial charge in [0.15, 0.2) is 0 Å². The number of rotatable bonds is 9. The van der Waals surface area contributed by atoms with E-state index in [4.69, 9.17) is 9.84 Å². The highest BCUT2D eigenvalue weighted by atomic mass is 16.5. The molecule has 23 heavy (non-hydrogen) atoms. The standard InChI is InChI=1S/C20H27NO2/c1-3-21(4-2)20(16-17-8-6-5-7-9-17)18-10-12-19(13-11-18)23-15-14-22/h5-13,20,22H,3-4,14-16H2,1-2H3. The van der Waals surface area contributed by atoms with E-state index in [2.05, 4.69) is 61.2 Å². The fraction of sp³-hybridized carbons (Fsp3) is 0.400. The van der Waals surface area contributed by atoms with Gasteiger partial charge in [0.25, 0.3) is 0 Å². The van der Waals surface area contributed by atoms with Crippen LogP contribution in [0, 0.1) is 0 Å². The number of likely N-dealkylation sites (N-methyl/N-ethyl adjacent to an activating group) is 1. The van der Waals surface area contributed by atoms with E-state index in [-0.39, 0.29) is 6.61 Å². The number of nitrogens with zero attached hydrogens (tertiary/aromatic N) is 1. The topological polar surface area (TPSA) is 32.7 Å². The fourth-order valence-electron chi connectivity index (χ4n) is 2.91. The van der Waals surface area contributed by atoms with Gasteiger partial charge in [0.2, 0.25) is 0 Å². The Labute approximate surface area is 139 Å². The summed E-state index contributed by atoms with van der Waals surface area (Å²) in [4.78, 5) is 2.48. The van der Waals surface area contributed by atoms with E-state index >= 15 is 0 Å². The van der Waals surface area contributed by atoms with Crippen molar-refractivity contribution in [2.45, 2.75) is 26.3 Å². The van der Waals surface area contributed by atoms with Crippen LogP contribution < -0.4 is 4.74 Å². The Balaban J connectivity index is 2.19. The lowest BCUT2D eigenvalue weighted by molar-refractivity contribution is 0.200. The zero-order valence-corrected chi connectivity index (χ0v) is 14.1. The van der Waals surface area contributed by atoms with Crippen molar-refractivity contribution in [3.63, 3.8) is 0 Å². The number of ether oxygens (including phenoxy) is 1. The van der Waals surface area contributed by atoms with Crippen molar-refractivity contribution in [3.05, 3.63) is 65.7 Å². The first-order valence-corrected chi connectivity index (χ1v) is 8.40. The van der Waals surface area contributed by atoms with Crippen molar-refractivity contribution in [1.82, 2.24) is 4.90 Å². The first-order chi connectivity index (χ1) is 11.3. The number of benzene rings is 2. The van der Waals surface area contributed by atoms with Crippen molar-refractivity contribution < 1.29 is 9.84 Å². The summed E-state index contributed by atoms with van der Waals surface area (Å²) in [6.45, 7) is 6.84. The van der Waals surface area contributed by atoms with Crippen LogP contribution in [0.25, 0.3) is 0 Å². The first kappa shape index (κ1) is 17.5. The maximum atomic E-state index is 8.84. The molecule has 2 rings (SSSR count). The van der Waals surface area contributed by atoms with E-state index in [9.17, 15) is 0 Å². The van der Waals surface area contributed by atoms with E-state index in [1.54, 1.807) is 0 Å². The predicted molar refractivity (Wildman–Crippen MR) is 94.8 cm³/mol. The molecule has 3 nitrogen and oxygen atoms in total. The van der Waals surface area contributed by atoms with Gasteiger partial charge in [0.05, 0.1) is 6.61 Å². The lowest BCUT2D eigenvalue weighted by atomic mass is 9.97. The first-order valence-electron chi connectivity index (χ1n) is 8.40. The fourth-order valence-corrected chi connectivity index (χ4v) is 2.91. The average molecular weight is 313 g/mol. The molecule has 0 aromatic heterocycles. The van der Waals surface area contributed by atoms with Crippen molar-refractivity contribution in [2.24, 2.45) is 0 Å². The summed E-state index contributed by atoms with van der Waals surface area (Å²) >= 11 is 0. The lowest BCUT2D eigenvalue weighted by Gasteiger charge is -2.30. The number of aliphatic hydroxyl groups excluding tert-OH is 1. The molecule has 1 N–H and O–H groups in total. The minimum Gasteiger partial charge on any atom is -0.491 e. The van der Waals surface area contributed by atoms with Gasteiger partial charge in [0, 0.05) is 6.04 Å². The van der Waals surface area contributed by atoms with Crippen molar-refractivity contribution in [3.8, 4) is 5.75 Å². The second-order valence-corrected chi connectivity index (χ2v) is 5.57. The van der Waals surface area contributed by atoms with Gasteiger partial charge in [0.1, 0.15) is 12.4 Å².